The Hall–Kier alpha value is -3.32. The number of halogens is 1. The molecule has 0 radical (unpaired) electrons. The molecule has 0 atom stereocenters. The highest BCUT2D eigenvalue weighted by molar-refractivity contribution is 6.30. The molecule has 0 saturated heterocycles. The summed E-state index contributed by atoms with van der Waals surface area (Å²) in [5.41, 5.74) is 14.4. The first kappa shape index (κ1) is 20.4. The van der Waals surface area contributed by atoms with Gasteiger partial charge in [0, 0.05) is 16.3 Å². The summed E-state index contributed by atoms with van der Waals surface area (Å²) < 4.78 is 0. The summed E-state index contributed by atoms with van der Waals surface area (Å²) in [6.07, 6.45) is 4.77. The first-order chi connectivity index (χ1) is 14.1. The molecule has 1 aromatic heterocycles. The zero-order chi connectivity index (χ0) is 20.6. The predicted octanol–water partition coefficient (Wildman–Crippen LogP) is 4.56. The van der Waals surface area contributed by atoms with Gasteiger partial charge in [-0.3, -0.25) is 15.6 Å². The zero-order valence-corrected chi connectivity index (χ0v) is 16.8. The van der Waals surface area contributed by atoms with E-state index in [2.05, 4.69) is 45.2 Å². The number of rotatable bonds is 8. The van der Waals surface area contributed by atoms with Crippen molar-refractivity contribution in [1.29, 1.82) is 0 Å². The van der Waals surface area contributed by atoms with E-state index in [9.17, 15) is 4.79 Å². The van der Waals surface area contributed by atoms with Crippen LogP contribution in [0.25, 0.3) is 0 Å². The van der Waals surface area contributed by atoms with E-state index in [1.165, 1.54) is 24.7 Å². The Balaban J connectivity index is 1.64. The van der Waals surface area contributed by atoms with Crippen LogP contribution in [0.2, 0.25) is 5.02 Å². The highest BCUT2D eigenvalue weighted by Crippen LogP contribution is 2.25. The largest absolute Gasteiger partial charge is 0.393 e. The number of hydrazine groups is 1. The van der Waals surface area contributed by atoms with Crippen LogP contribution in [0.3, 0.4) is 0 Å². The molecular weight excluding hydrogens is 388 g/mol. The number of nitrogen functional groups attached to an aromatic ring is 1. The number of amides is 1. The second kappa shape index (κ2) is 9.75. The van der Waals surface area contributed by atoms with E-state index in [1.807, 2.05) is 12.1 Å². The van der Waals surface area contributed by atoms with E-state index in [0.29, 0.717) is 27.9 Å². The van der Waals surface area contributed by atoms with E-state index in [-0.39, 0.29) is 5.91 Å². The summed E-state index contributed by atoms with van der Waals surface area (Å²) >= 11 is 5.84. The number of unbranched alkanes of at least 4 members (excludes halogenated alkanes) is 1. The maximum Gasteiger partial charge on any atom is 0.269 e. The molecule has 0 fully saturated rings. The Labute approximate surface area is 174 Å². The molecule has 1 heterocycles. The van der Waals surface area contributed by atoms with Gasteiger partial charge in [0.25, 0.3) is 5.91 Å². The third-order valence-corrected chi connectivity index (χ3v) is 4.57. The van der Waals surface area contributed by atoms with Crippen molar-refractivity contribution in [3.8, 4) is 0 Å². The molecule has 0 aliphatic carbocycles. The highest BCUT2D eigenvalue weighted by Gasteiger charge is 2.10. The fourth-order valence-corrected chi connectivity index (χ4v) is 2.78. The molecule has 0 bridgehead atoms. The second-order valence-electron chi connectivity index (χ2n) is 6.50. The number of hydrogen-bond donors (Lipinski definition) is 4. The van der Waals surface area contributed by atoms with Gasteiger partial charge < -0.3 is 11.1 Å². The minimum Gasteiger partial charge on any atom is -0.393 e. The fourth-order valence-electron chi connectivity index (χ4n) is 2.66. The average Bonchev–Trinajstić information content (AvgIpc) is 2.74. The number of hydrogen-bond acceptors (Lipinski definition) is 6. The van der Waals surface area contributed by atoms with Gasteiger partial charge in [0.05, 0.1) is 0 Å². The molecule has 3 rings (SSSR count). The number of carbonyl (C=O) groups excluding carboxylic acids is 1. The van der Waals surface area contributed by atoms with Crippen molar-refractivity contribution < 1.29 is 4.79 Å². The van der Waals surface area contributed by atoms with Gasteiger partial charge in [-0.25, -0.2) is 9.97 Å². The highest BCUT2D eigenvalue weighted by atomic mass is 35.5. The molecule has 0 spiro atoms. The number of nitrogens with two attached hydrogens (primary N) is 1. The summed E-state index contributed by atoms with van der Waals surface area (Å²) in [7, 11) is 0. The van der Waals surface area contributed by atoms with Gasteiger partial charge in [-0.05, 0) is 54.8 Å². The lowest BCUT2D eigenvalue weighted by Crippen LogP contribution is -2.30. The van der Waals surface area contributed by atoms with Crippen molar-refractivity contribution in [3.63, 3.8) is 0 Å². The van der Waals surface area contributed by atoms with Crippen LogP contribution in [0.15, 0.2) is 54.9 Å². The number of anilines is 4. The Bertz CT molecular complexity index is 960. The summed E-state index contributed by atoms with van der Waals surface area (Å²) in [6, 6.07) is 14.7. The lowest BCUT2D eigenvalue weighted by Gasteiger charge is -2.13. The fraction of sp³-hybridized carbons (Fsp3) is 0.190. The number of aryl methyl sites for hydroxylation is 1. The van der Waals surface area contributed by atoms with E-state index < -0.39 is 0 Å². The molecule has 3 aromatic rings. The van der Waals surface area contributed by atoms with E-state index in [4.69, 9.17) is 17.3 Å². The summed E-state index contributed by atoms with van der Waals surface area (Å²) in [6.45, 7) is 2.18. The molecule has 0 unspecified atom stereocenters. The Kier molecular flexibility index (Phi) is 6.86. The molecule has 8 heteroatoms. The standard InChI is InChI=1S/C21H23ClN6O/c1-2-3-4-14-5-11-17(12-6-14)26-19-18(23)20(25-13-24-19)27-28-21(29)15-7-9-16(22)10-8-15/h5-13H,2-4,23H2,1H3,(H,28,29)(H2,24,25,26,27). The molecule has 29 heavy (non-hydrogen) atoms. The van der Waals surface area contributed by atoms with E-state index in [1.54, 1.807) is 24.3 Å². The zero-order valence-electron chi connectivity index (χ0n) is 16.1. The average molecular weight is 411 g/mol. The van der Waals surface area contributed by atoms with Crippen molar-refractivity contribution in [2.75, 3.05) is 16.5 Å². The number of benzene rings is 2. The van der Waals surface area contributed by atoms with Crippen LogP contribution in [0.5, 0.6) is 0 Å². The Morgan fingerprint density at radius 3 is 2.41 bits per heavy atom. The molecule has 150 valence electrons. The predicted molar refractivity (Wildman–Crippen MR) is 117 cm³/mol. The SMILES string of the molecule is CCCCc1ccc(Nc2ncnc(NNC(=O)c3ccc(Cl)cc3)c2N)cc1. The molecule has 1 amide bonds. The molecule has 0 aliphatic rings. The summed E-state index contributed by atoms with van der Waals surface area (Å²) in [4.78, 5) is 20.5. The smallest absolute Gasteiger partial charge is 0.269 e. The van der Waals surface area contributed by atoms with Gasteiger partial charge >= 0.3 is 0 Å². The van der Waals surface area contributed by atoms with Gasteiger partial charge in [-0.15, -0.1) is 0 Å². The number of aromatic nitrogens is 2. The molecular formula is C21H23ClN6O. The second-order valence-corrected chi connectivity index (χ2v) is 6.93. The molecule has 0 saturated carbocycles. The van der Waals surface area contributed by atoms with Crippen molar-refractivity contribution in [2.24, 2.45) is 0 Å². The number of nitrogens with zero attached hydrogens (tertiary/aromatic N) is 2. The van der Waals surface area contributed by atoms with Crippen LogP contribution in [0.1, 0.15) is 35.7 Å². The van der Waals surface area contributed by atoms with Gasteiger partial charge in [-0.2, -0.15) is 0 Å². The maximum absolute atomic E-state index is 12.2. The molecule has 5 N–H and O–H groups in total. The van der Waals surface area contributed by atoms with Gasteiger partial charge in [0.2, 0.25) is 0 Å². The monoisotopic (exact) mass is 410 g/mol. The lowest BCUT2D eigenvalue weighted by atomic mass is 10.1. The normalized spacial score (nSPS) is 10.4. The summed E-state index contributed by atoms with van der Waals surface area (Å²) in [5.74, 6) is 0.408. The maximum atomic E-state index is 12.2. The van der Waals surface area contributed by atoms with Crippen LogP contribution in [0.4, 0.5) is 23.0 Å². The number of carbonyl (C=O) groups is 1. The molecule has 0 aliphatic heterocycles. The number of nitrogens with one attached hydrogen (secondary N) is 3. The van der Waals surface area contributed by atoms with Crippen molar-refractivity contribution in [3.05, 3.63) is 71.0 Å². The Morgan fingerprint density at radius 1 is 1.03 bits per heavy atom. The van der Waals surface area contributed by atoms with Gasteiger partial charge in [-0.1, -0.05) is 37.1 Å². The topological polar surface area (TPSA) is 105 Å². The minimum atomic E-state index is -0.336. The Morgan fingerprint density at radius 2 is 1.72 bits per heavy atom. The van der Waals surface area contributed by atoms with E-state index in [0.717, 1.165) is 12.1 Å². The van der Waals surface area contributed by atoms with Crippen molar-refractivity contribution in [1.82, 2.24) is 15.4 Å². The van der Waals surface area contributed by atoms with Crippen molar-refractivity contribution >= 4 is 40.5 Å². The van der Waals surface area contributed by atoms with Crippen LogP contribution in [-0.4, -0.2) is 15.9 Å². The lowest BCUT2D eigenvalue weighted by molar-refractivity contribution is 0.0962. The van der Waals surface area contributed by atoms with Crippen molar-refractivity contribution in [2.45, 2.75) is 26.2 Å². The van der Waals surface area contributed by atoms with Crippen LogP contribution < -0.4 is 21.9 Å². The van der Waals surface area contributed by atoms with Crippen LogP contribution in [-0.2, 0) is 6.42 Å². The quantitative estimate of drug-likeness (QED) is 0.406. The minimum absolute atomic E-state index is 0.291. The third-order valence-electron chi connectivity index (χ3n) is 4.32. The third kappa shape index (κ3) is 5.58. The van der Waals surface area contributed by atoms with Gasteiger partial charge in [0.1, 0.15) is 12.0 Å². The summed E-state index contributed by atoms with van der Waals surface area (Å²) in [5, 5.41) is 3.74. The van der Waals surface area contributed by atoms with E-state index >= 15 is 0 Å². The van der Waals surface area contributed by atoms with Crippen LogP contribution >= 0.6 is 11.6 Å². The van der Waals surface area contributed by atoms with Gasteiger partial charge in [0.15, 0.2) is 11.6 Å². The molecule has 2 aromatic carbocycles. The first-order valence-corrected chi connectivity index (χ1v) is 9.73. The van der Waals surface area contributed by atoms with Crippen LogP contribution in [0, 0.1) is 0 Å². The molecule has 7 nitrogen and oxygen atoms in total. The first-order valence-electron chi connectivity index (χ1n) is 9.35.